The maximum Gasteiger partial charge on any atom is 0.330 e. The number of carbonyl (C=O) groups excluding carboxylic acids is 2. The molecule has 1 aromatic carbocycles. The Morgan fingerprint density at radius 3 is 2.76 bits per heavy atom. The van der Waals surface area contributed by atoms with Gasteiger partial charge in [-0.25, -0.2) is 18.1 Å². The molecule has 3 aliphatic rings. The van der Waals surface area contributed by atoms with E-state index in [4.69, 9.17) is 0 Å². The van der Waals surface area contributed by atoms with E-state index in [2.05, 4.69) is 10.3 Å². The zero-order valence-corrected chi connectivity index (χ0v) is 16.6. The number of para-hydroxylation sites is 1. The summed E-state index contributed by atoms with van der Waals surface area (Å²) in [5.41, 5.74) is 1.64. The smallest absolute Gasteiger partial charge is 0.330 e. The molecule has 1 aromatic rings. The number of amides is 2. The lowest BCUT2D eigenvalue weighted by molar-refractivity contribution is -0.113. The molecule has 0 atom stereocenters. The zero-order chi connectivity index (χ0) is 20.6. The van der Waals surface area contributed by atoms with Gasteiger partial charge in [0.1, 0.15) is 5.82 Å². The second-order valence-corrected chi connectivity index (χ2v) is 8.97. The molecule has 0 spiro atoms. The van der Waals surface area contributed by atoms with E-state index in [0.717, 1.165) is 11.8 Å². The van der Waals surface area contributed by atoms with Crippen LogP contribution in [0.3, 0.4) is 0 Å². The predicted molar refractivity (Wildman–Crippen MR) is 109 cm³/mol. The van der Waals surface area contributed by atoms with Crippen molar-refractivity contribution in [2.75, 3.05) is 30.8 Å². The molecule has 0 aliphatic carbocycles. The standard InChI is InChI=1S/C20H20N4O4S/c1-29(27,28)18-7-3-2-6-17(18)24-19-14(5-4-9-22-19)12-23(20(24)26)13-15-11-16(25)8-10-21-15/h2-7,10-11,22H,8-9,12-13H2,1H3. The molecular formula is C20H20N4O4S. The molecule has 9 heteroatoms. The van der Waals surface area contributed by atoms with Crippen molar-refractivity contribution in [1.29, 1.82) is 0 Å². The molecule has 0 aromatic heterocycles. The molecule has 4 rings (SSSR count). The van der Waals surface area contributed by atoms with Gasteiger partial charge in [0.2, 0.25) is 0 Å². The Labute approximate surface area is 168 Å². The van der Waals surface area contributed by atoms with E-state index in [1.807, 2.05) is 12.2 Å². The second kappa shape index (κ2) is 7.32. The van der Waals surface area contributed by atoms with E-state index < -0.39 is 9.84 Å². The summed E-state index contributed by atoms with van der Waals surface area (Å²) in [6.07, 6.45) is 8.22. The Bertz CT molecular complexity index is 1120. The Kier molecular flexibility index (Phi) is 4.83. The third-order valence-corrected chi connectivity index (χ3v) is 5.94. The Morgan fingerprint density at radius 1 is 1.21 bits per heavy atom. The number of ketones is 1. The lowest BCUT2D eigenvalue weighted by Crippen LogP contribution is -2.53. The van der Waals surface area contributed by atoms with Crippen LogP contribution in [0.1, 0.15) is 6.42 Å². The number of nitrogens with zero attached hydrogens (tertiary/aromatic N) is 3. The van der Waals surface area contributed by atoms with Crippen molar-refractivity contribution in [3.8, 4) is 0 Å². The van der Waals surface area contributed by atoms with Gasteiger partial charge in [-0.2, -0.15) is 0 Å². The van der Waals surface area contributed by atoms with Crippen molar-refractivity contribution in [3.63, 3.8) is 0 Å². The monoisotopic (exact) mass is 412 g/mol. The van der Waals surface area contributed by atoms with Crippen LogP contribution in [0.2, 0.25) is 0 Å². The Morgan fingerprint density at radius 2 is 2.00 bits per heavy atom. The van der Waals surface area contributed by atoms with E-state index in [0.29, 0.717) is 24.6 Å². The molecule has 29 heavy (non-hydrogen) atoms. The van der Waals surface area contributed by atoms with Crippen LogP contribution >= 0.6 is 0 Å². The van der Waals surface area contributed by atoms with Gasteiger partial charge in [-0.1, -0.05) is 24.3 Å². The van der Waals surface area contributed by atoms with Gasteiger partial charge in [0.05, 0.1) is 29.4 Å². The lowest BCUT2D eigenvalue weighted by atomic mass is 10.1. The van der Waals surface area contributed by atoms with Gasteiger partial charge >= 0.3 is 6.03 Å². The van der Waals surface area contributed by atoms with E-state index >= 15 is 0 Å². The highest BCUT2D eigenvalue weighted by molar-refractivity contribution is 7.90. The van der Waals surface area contributed by atoms with Crippen molar-refractivity contribution in [3.05, 3.63) is 59.6 Å². The number of rotatable bonds is 4. The van der Waals surface area contributed by atoms with Gasteiger partial charge in [-0.3, -0.25) is 9.79 Å². The average Bonchev–Trinajstić information content (AvgIpc) is 2.68. The molecule has 0 saturated heterocycles. The number of sulfone groups is 1. The van der Waals surface area contributed by atoms with E-state index in [-0.39, 0.29) is 35.4 Å². The Hall–Kier alpha value is -3.20. The number of hydrogen-bond donors (Lipinski definition) is 1. The molecule has 150 valence electrons. The average molecular weight is 412 g/mol. The van der Waals surface area contributed by atoms with E-state index in [9.17, 15) is 18.0 Å². The number of allylic oxidation sites excluding steroid dienone is 1. The molecule has 0 fully saturated rings. The number of benzene rings is 1. The highest BCUT2D eigenvalue weighted by Gasteiger charge is 2.36. The molecule has 1 N–H and O–H groups in total. The first-order valence-electron chi connectivity index (χ1n) is 9.12. The molecule has 2 amide bonds. The van der Waals surface area contributed by atoms with Crippen LogP contribution in [0.5, 0.6) is 0 Å². The van der Waals surface area contributed by atoms with Crippen molar-refractivity contribution in [2.24, 2.45) is 4.99 Å². The quantitative estimate of drug-likeness (QED) is 0.810. The highest BCUT2D eigenvalue weighted by atomic mass is 32.2. The summed E-state index contributed by atoms with van der Waals surface area (Å²) in [7, 11) is -3.56. The maximum atomic E-state index is 13.4. The zero-order valence-electron chi connectivity index (χ0n) is 15.8. The SMILES string of the molecule is CS(=O)(=O)c1ccccc1N1C(=O)N(CC2=CC(=O)CC=N2)CC2=C1NCC=C2. The first-order chi connectivity index (χ1) is 13.8. The number of hydrogen-bond acceptors (Lipinski definition) is 6. The molecule has 0 bridgehead atoms. The summed E-state index contributed by atoms with van der Waals surface area (Å²) in [5, 5.41) is 3.19. The van der Waals surface area contributed by atoms with Crippen LogP contribution in [0.15, 0.2) is 69.5 Å². The first-order valence-corrected chi connectivity index (χ1v) is 11.0. The third kappa shape index (κ3) is 3.73. The summed E-state index contributed by atoms with van der Waals surface area (Å²) in [6.45, 7) is 1.02. The number of carbonyl (C=O) groups is 2. The van der Waals surface area contributed by atoms with Crippen LogP contribution in [0.25, 0.3) is 0 Å². The number of aliphatic imine (C=N–C) groups is 1. The molecule has 8 nitrogen and oxygen atoms in total. The molecule has 3 heterocycles. The van der Waals surface area contributed by atoms with Crippen molar-refractivity contribution < 1.29 is 18.0 Å². The van der Waals surface area contributed by atoms with Gasteiger partial charge < -0.3 is 10.2 Å². The summed E-state index contributed by atoms with van der Waals surface area (Å²) in [6, 6.07) is 6.05. The van der Waals surface area contributed by atoms with Crippen LogP contribution in [0.4, 0.5) is 10.5 Å². The molecule has 0 radical (unpaired) electrons. The number of dihydropyridines is 1. The third-order valence-electron chi connectivity index (χ3n) is 4.79. The minimum Gasteiger partial charge on any atom is -0.367 e. The Balaban J connectivity index is 1.78. The summed E-state index contributed by atoms with van der Waals surface area (Å²) in [5.74, 6) is 0.514. The predicted octanol–water partition coefficient (Wildman–Crippen LogP) is 1.63. The minimum absolute atomic E-state index is 0.0575. The number of anilines is 1. The van der Waals surface area contributed by atoms with Crippen molar-refractivity contribution >= 4 is 33.6 Å². The number of urea groups is 1. The summed E-state index contributed by atoms with van der Waals surface area (Å²) < 4.78 is 24.7. The lowest BCUT2D eigenvalue weighted by Gasteiger charge is -2.40. The normalized spacial score (nSPS) is 19.3. The minimum atomic E-state index is -3.56. The summed E-state index contributed by atoms with van der Waals surface area (Å²) in [4.78, 5) is 32.3. The molecular weight excluding hydrogens is 392 g/mol. The second-order valence-electron chi connectivity index (χ2n) is 6.99. The number of nitrogens with one attached hydrogen (secondary N) is 1. The van der Waals surface area contributed by atoms with Crippen LogP contribution in [-0.4, -0.2) is 57.2 Å². The molecule has 0 saturated carbocycles. The van der Waals surface area contributed by atoms with Crippen LogP contribution in [-0.2, 0) is 14.6 Å². The van der Waals surface area contributed by atoms with Gasteiger partial charge in [-0.15, -0.1) is 0 Å². The van der Waals surface area contributed by atoms with E-state index in [1.54, 1.807) is 23.1 Å². The largest absolute Gasteiger partial charge is 0.367 e. The van der Waals surface area contributed by atoms with Gasteiger partial charge in [0.25, 0.3) is 0 Å². The van der Waals surface area contributed by atoms with Gasteiger partial charge in [0, 0.05) is 37.1 Å². The fourth-order valence-corrected chi connectivity index (χ4v) is 4.39. The topological polar surface area (TPSA) is 99.2 Å². The van der Waals surface area contributed by atoms with Crippen LogP contribution in [0, 0.1) is 0 Å². The van der Waals surface area contributed by atoms with Crippen molar-refractivity contribution in [2.45, 2.75) is 11.3 Å². The van der Waals surface area contributed by atoms with E-state index in [1.165, 1.54) is 23.3 Å². The maximum absolute atomic E-state index is 13.4. The van der Waals surface area contributed by atoms with Gasteiger partial charge in [0.15, 0.2) is 15.6 Å². The molecule has 0 unspecified atom stereocenters. The van der Waals surface area contributed by atoms with Gasteiger partial charge in [-0.05, 0) is 12.1 Å². The summed E-state index contributed by atoms with van der Waals surface area (Å²) >= 11 is 0. The molecule has 3 aliphatic heterocycles. The highest BCUT2D eigenvalue weighted by Crippen LogP contribution is 2.33. The fourth-order valence-electron chi connectivity index (χ4n) is 3.53. The van der Waals surface area contributed by atoms with Crippen molar-refractivity contribution in [1.82, 2.24) is 10.2 Å². The fraction of sp³-hybridized carbons (Fsp3) is 0.250. The first kappa shape index (κ1) is 19.1. The van der Waals surface area contributed by atoms with Crippen LogP contribution < -0.4 is 10.2 Å².